The number of ether oxygens (including phenoxy) is 2. The molecular formula is C17H30N2O3. The molecule has 0 spiro atoms. The van der Waals surface area contributed by atoms with Crippen LogP contribution in [-0.4, -0.2) is 74.4 Å². The van der Waals surface area contributed by atoms with E-state index in [1.807, 2.05) is 0 Å². The Balaban J connectivity index is 1.28. The van der Waals surface area contributed by atoms with Crippen molar-refractivity contribution in [2.45, 2.75) is 44.6 Å². The number of hydrogen-bond acceptors (Lipinski definition) is 4. The van der Waals surface area contributed by atoms with Crippen LogP contribution in [0.25, 0.3) is 0 Å². The lowest BCUT2D eigenvalue weighted by Crippen LogP contribution is -2.38. The van der Waals surface area contributed by atoms with Crippen LogP contribution in [0.4, 0.5) is 0 Å². The quantitative estimate of drug-likeness (QED) is 0.746. The Morgan fingerprint density at radius 2 is 1.91 bits per heavy atom. The van der Waals surface area contributed by atoms with Gasteiger partial charge in [-0.1, -0.05) is 0 Å². The predicted molar refractivity (Wildman–Crippen MR) is 84.8 cm³/mol. The van der Waals surface area contributed by atoms with Crippen LogP contribution in [0.2, 0.25) is 0 Å². The fourth-order valence-corrected chi connectivity index (χ4v) is 3.81. The molecule has 1 unspecified atom stereocenters. The van der Waals surface area contributed by atoms with E-state index in [2.05, 4.69) is 9.80 Å². The van der Waals surface area contributed by atoms with E-state index in [1.165, 1.54) is 32.4 Å². The predicted octanol–water partition coefficient (Wildman–Crippen LogP) is 1.52. The standard InChI is InChI=1S/C17H30N2O3/c20-17-2-1-7-19(17)11-5-15-3-8-18(9-4-15)10-6-16-14-21-12-13-22-16/h15-16H,1-14H2. The third kappa shape index (κ3) is 4.67. The molecule has 1 amide bonds. The second-order valence-electron chi connectivity index (χ2n) is 6.91. The first-order valence-electron chi connectivity index (χ1n) is 9.01. The van der Waals surface area contributed by atoms with Gasteiger partial charge in [-0.05, 0) is 51.1 Å². The number of hydrogen-bond donors (Lipinski definition) is 0. The van der Waals surface area contributed by atoms with Crippen molar-refractivity contribution in [1.82, 2.24) is 9.80 Å². The normalized spacial score (nSPS) is 28.5. The SMILES string of the molecule is O=C1CCCN1CCC1CCN(CCC2COCCO2)CC1. The Bertz CT molecular complexity index is 350. The maximum absolute atomic E-state index is 11.6. The fraction of sp³-hybridized carbons (Fsp3) is 0.941. The second-order valence-corrected chi connectivity index (χ2v) is 6.91. The van der Waals surface area contributed by atoms with Gasteiger partial charge in [-0.15, -0.1) is 0 Å². The highest BCUT2D eigenvalue weighted by molar-refractivity contribution is 5.77. The van der Waals surface area contributed by atoms with Gasteiger partial charge < -0.3 is 19.3 Å². The van der Waals surface area contributed by atoms with Crippen molar-refractivity contribution in [3.05, 3.63) is 0 Å². The number of rotatable bonds is 6. The molecule has 0 radical (unpaired) electrons. The zero-order valence-electron chi connectivity index (χ0n) is 13.7. The number of nitrogens with zero attached hydrogens (tertiary/aromatic N) is 2. The summed E-state index contributed by atoms with van der Waals surface area (Å²) in [7, 11) is 0. The summed E-state index contributed by atoms with van der Waals surface area (Å²) in [5.41, 5.74) is 0. The molecule has 3 saturated heterocycles. The topological polar surface area (TPSA) is 42.0 Å². The van der Waals surface area contributed by atoms with Crippen molar-refractivity contribution in [2.24, 2.45) is 5.92 Å². The van der Waals surface area contributed by atoms with E-state index >= 15 is 0 Å². The van der Waals surface area contributed by atoms with Gasteiger partial charge in [-0.2, -0.15) is 0 Å². The summed E-state index contributed by atoms with van der Waals surface area (Å²) >= 11 is 0. The van der Waals surface area contributed by atoms with Gasteiger partial charge in [-0.25, -0.2) is 0 Å². The van der Waals surface area contributed by atoms with Gasteiger partial charge in [-0.3, -0.25) is 4.79 Å². The van der Waals surface area contributed by atoms with Gasteiger partial charge >= 0.3 is 0 Å². The Morgan fingerprint density at radius 3 is 2.59 bits per heavy atom. The summed E-state index contributed by atoms with van der Waals surface area (Å²) in [4.78, 5) is 16.3. The molecule has 3 aliphatic heterocycles. The average molecular weight is 310 g/mol. The molecule has 5 heteroatoms. The molecule has 22 heavy (non-hydrogen) atoms. The zero-order valence-corrected chi connectivity index (χ0v) is 13.7. The van der Waals surface area contributed by atoms with E-state index in [1.54, 1.807) is 0 Å². The van der Waals surface area contributed by atoms with E-state index < -0.39 is 0 Å². The molecule has 0 bridgehead atoms. The average Bonchev–Trinajstić information content (AvgIpc) is 2.98. The van der Waals surface area contributed by atoms with Crippen LogP contribution >= 0.6 is 0 Å². The van der Waals surface area contributed by atoms with Crippen LogP contribution in [0.5, 0.6) is 0 Å². The highest BCUT2D eigenvalue weighted by Gasteiger charge is 2.24. The van der Waals surface area contributed by atoms with Gasteiger partial charge in [0.1, 0.15) is 0 Å². The monoisotopic (exact) mass is 310 g/mol. The van der Waals surface area contributed by atoms with E-state index in [4.69, 9.17) is 9.47 Å². The molecule has 5 nitrogen and oxygen atoms in total. The summed E-state index contributed by atoms with van der Waals surface area (Å²) in [6.07, 6.45) is 6.98. The van der Waals surface area contributed by atoms with Gasteiger partial charge in [0.15, 0.2) is 0 Å². The third-order valence-electron chi connectivity index (χ3n) is 5.34. The Labute approximate surface area is 133 Å². The number of likely N-dealkylation sites (tertiary alicyclic amines) is 2. The molecule has 1 atom stereocenters. The van der Waals surface area contributed by atoms with Gasteiger partial charge in [0, 0.05) is 26.1 Å². The summed E-state index contributed by atoms with van der Waals surface area (Å²) in [5.74, 6) is 1.17. The summed E-state index contributed by atoms with van der Waals surface area (Å²) < 4.78 is 11.2. The lowest BCUT2D eigenvalue weighted by Gasteiger charge is -2.34. The molecule has 3 rings (SSSR count). The number of piperidine rings is 1. The molecule has 3 fully saturated rings. The minimum absolute atomic E-state index is 0.299. The maximum atomic E-state index is 11.6. The smallest absolute Gasteiger partial charge is 0.222 e. The summed E-state index contributed by atoms with van der Waals surface area (Å²) in [6, 6.07) is 0. The molecular weight excluding hydrogens is 280 g/mol. The number of carbonyl (C=O) groups excluding carboxylic acids is 1. The van der Waals surface area contributed by atoms with Crippen molar-refractivity contribution in [3.63, 3.8) is 0 Å². The van der Waals surface area contributed by atoms with Gasteiger partial charge in [0.05, 0.1) is 25.9 Å². The Hall–Kier alpha value is -0.650. The van der Waals surface area contributed by atoms with E-state index in [0.29, 0.717) is 12.0 Å². The Morgan fingerprint density at radius 1 is 1.05 bits per heavy atom. The second kappa shape index (κ2) is 8.27. The maximum Gasteiger partial charge on any atom is 0.222 e. The van der Waals surface area contributed by atoms with E-state index in [-0.39, 0.29) is 0 Å². The minimum Gasteiger partial charge on any atom is -0.376 e. The molecule has 0 aromatic carbocycles. The van der Waals surface area contributed by atoms with Crippen molar-refractivity contribution < 1.29 is 14.3 Å². The minimum atomic E-state index is 0.299. The van der Waals surface area contributed by atoms with Crippen LogP contribution in [-0.2, 0) is 14.3 Å². The molecule has 126 valence electrons. The first-order valence-corrected chi connectivity index (χ1v) is 9.01. The van der Waals surface area contributed by atoms with Crippen molar-refractivity contribution in [3.8, 4) is 0 Å². The van der Waals surface area contributed by atoms with E-state index in [0.717, 1.165) is 64.6 Å². The van der Waals surface area contributed by atoms with Crippen LogP contribution in [0, 0.1) is 5.92 Å². The number of carbonyl (C=O) groups is 1. The van der Waals surface area contributed by atoms with E-state index in [9.17, 15) is 4.79 Å². The molecule has 3 aliphatic rings. The zero-order chi connectivity index (χ0) is 15.2. The van der Waals surface area contributed by atoms with Crippen LogP contribution in [0.1, 0.15) is 38.5 Å². The van der Waals surface area contributed by atoms with Crippen LogP contribution in [0.15, 0.2) is 0 Å². The van der Waals surface area contributed by atoms with Crippen LogP contribution in [0.3, 0.4) is 0 Å². The van der Waals surface area contributed by atoms with Gasteiger partial charge in [0.2, 0.25) is 5.91 Å². The molecule has 0 aromatic rings. The van der Waals surface area contributed by atoms with Crippen molar-refractivity contribution in [2.75, 3.05) is 52.5 Å². The van der Waals surface area contributed by atoms with Crippen LogP contribution < -0.4 is 0 Å². The summed E-state index contributed by atoms with van der Waals surface area (Å²) in [5, 5.41) is 0. The first-order chi connectivity index (χ1) is 10.8. The molecule has 0 aliphatic carbocycles. The highest BCUT2D eigenvalue weighted by atomic mass is 16.6. The third-order valence-corrected chi connectivity index (χ3v) is 5.34. The lowest BCUT2D eigenvalue weighted by molar-refractivity contribution is -0.127. The van der Waals surface area contributed by atoms with Crippen molar-refractivity contribution in [1.29, 1.82) is 0 Å². The molecule has 0 aromatic heterocycles. The summed E-state index contributed by atoms with van der Waals surface area (Å²) in [6.45, 7) is 7.77. The highest BCUT2D eigenvalue weighted by Crippen LogP contribution is 2.22. The molecule has 0 saturated carbocycles. The molecule has 3 heterocycles. The number of amides is 1. The first kappa shape index (κ1) is 16.2. The van der Waals surface area contributed by atoms with Crippen molar-refractivity contribution >= 4 is 5.91 Å². The van der Waals surface area contributed by atoms with Gasteiger partial charge in [0.25, 0.3) is 0 Å². The lowest BCUT2D eigenvalue weighted by atomic mass is 9.93. The molecule has 0 N–H and O–H groups in total. The Kier molecular flexibility index (Phi) is 6.10. The largest absolute Gasteiger partial charge is 0.376 e. The fourth-order valence-electron chi connectivity index (χ4n) is 3.81.